The van der Waals surface area contributed by atoms with Crippen molar-refractivity contribution < 1.29 is 13.9 Å². The van der Waals surface area contributed by atoms with Gasteiger partial charge in [-0.25, -0.2) is 9.82 Å². The lowest BCUT2D eigenvalue weighted by atomic mass is 10.2. The zero-order valence-corrected chi connectivity index (χ0v) is 11.4. The Kier molecular flexibility index (Phi) is 5.23. The van der Waals surface area contributed by atoms with Gasteiger partial charge in [-0.05, 0) is 17.7 Å². The summed E-state index contributed by atoms with van der Waals surface area (Å²) in [7, 11) is 0. The fourth-order valence-corrected chi connectivity index (χ4v) is 1.95. The maximum Gasteiger partial charge on any atom is 0.254 e. The molecule has 7 heteroatoms. The number of ether oxygens (including phenoxy) is 1. The summed E-state index contributed by atoms with van der Waals surface area (Å²) in [6, 6.07) is 6.46. The highest BCUT2D eigenvalue weighted by atomic mass is 19.1. The van der Waals surface area contributed by atoms with Crippen LogP contribution in [0.1, 0.15) is 12.0 Å². The summed E-state index contributed by atoms with van der Waals surface area (Å²) in [6.45, 7) is 2.50. The number of amides is 1. The van der Waals surface area contributed by atoms with Crippen LogP contribution in [0.3, 0.4) is 0 Å². The van der Waals surface area contributed by atoms with Crippen molar-refractivity contribution in [3.8, 4) is 6.07 Å². The summed E-state index contributed by atoms with van der Waals surface area (Å²) >= 11 is 0. The predicted molar refractivity (Wildman–Crippen MR) is 75.4 cm³/mol. The van der Waals surface area contributed by atoms with Crippen molar-refractivity contribution in [1.82, 2.24) is 5.43 Å². The number of hydrogen-bond donors (Lipinski definition) is 1. The number of anilines is 1. The number of carbonyl (C=O) groups is 1. The summed E-state index contributed by atoms with van der Waals surface area (Å²) in [5, 5.41) is 12.0. The second-order valence-corrected chi connectivity index (χ2v) is 4.44. The molecule has 110 valence electrons. The molecule has 1 heterocycles. The van der Waals surface area contributed by atoms with Crippen LogP contribution in [0, 0.1) is 17.1 Å². The predicted octanol–water partition coefficient (Wildman–Crippen LogP) is 1.03. The summed E-state index contributed by atoms with van der Waals surface area (Å²) in [5.41, 5.74) is 3.25. The van der Waals surface area contributed by atoms with Gasteiger partial charge in [0.25, 0.3) is 5.91 Å². The van der Waals surface area contributed by atoms with Gasteiger partial charge >= 0.3 is 0 Å². The van der Waals surface area contributed by atoms with E-state index in [1.165, 1.54) is 12.3 Å². The normalized spacial score (nSPS) is 15.0. The van der Waals surface area contributed by atoms with Crippen LogP contribution < -0.4 is 10.3 Å². The number of nitriles is 1. The number of nitrogens with one attached hydrogen (secondary N) is 1. The van der Waals surface area contributed by atoms with Crippen LogP contribution in [-0.2, 0) is 9.53 Å². The van der Waals surface area contributed by atoms with Gasteiger partial charge in [-0.1, -0.05) is 6.07 Å². The first-order chi connectivity index (χ1) is 10.2. The quantitative estimate of drug-likeness (QED) is 0.663. The molecular formula is C14H15FN4O2. The van der Waals surface area contributed by atoms with Gasteiger partial charge in [0, 0.05) is 13.1 Å². The van der Waals surface area contributed by atoms with Crippen LogP contribution in [0.25, 0.3) is 0 Å². The van der Waals surface area contributed by atoms with Crippen LogP contribution in [0.2, 0.25) is 0 Å². The number of hydrogen-bond acceptors (Lipinski definition) is 5. The molecule has 1 N–H and O–H groups in total. The maximum absolute atomic E-state index is 14.1. The highest BCUT2D eigenvalue weighted by molar-refractivity contribution is 5.83. The van der Waals surface area contributed by atoms with Gasteiger partial charge in [0.2, 0.25) is 0 Å². The van der Waals surface area contributed by atoms with Crippen molar-refractivity contribution >= 4 is 17.8 Å². The topological polar surface area (TPSA) is 77.7 Å². The third kappa shape index (κ3) is 4.26. The number of halogens is 1. The van der Waals surface area contributed by atoms with E-state index in [2.05, 4.69) is 10.5 Å². The van der Waals surface area contributed by atoms with E-state index in [0.717, 1.165) is 0 Å². The molecule has 1 amide bonds. The Balaban J connectivity index is 2.00. The van der Waals surface area contributed by atoms with E-state index >= 15 is 0 Å². The van der Waals surface area contributed by atoms with Crippen molar-refractivity contribution in [3.63, 3.8) is 0 Å². The fourth-order valence-electron chi connectivity index (χ4n) is 1.95. The first kappa shape index (κ1) is 14.9. The molecule has 6 nitrogen and oxygen atoms in total. The molecule has 1 aliphatic rings. The van der Waals surface area contributed by atoms with Crippen LogP contribution in [-0.4, -0.2) is 38.4 Å². The van der Waals surface area contributed by atoms with Gasteiger partial charge in [0.1, 0.15) is 12.2 Å². The minimum absolute atomic E-state index is 0.262. The molecule has 0 spiro atoms. The van der Waals surface area contributed by atoms with E-state index in [9.17, 15) is 9.18 Å². The van der Waals surface area contributed by atoms with Crippen molar-refractivity contribution in [2.45, 2.75) is 6.42 Å². The van der Waals surface area contributed by atoms with Gasteiger partial charge < -0.3 is 9.64 Å². The van der Waals surface area contributed by atoms with E-state index < -0.39 is 5.91 Å². The number of rotatable bonds is 4. The third-order valence-electron chi connectivity index (χ3n) is 2.97. The van der Waals surface area contributed by atoms with Gasteiger partial charge in [0.05, 0.1) is 31.2 Å². The Bertz CT molecular complexity index is 577. The standard InChI is InChI=1S/C14H15FN4O2/c15-12-9-11(10-17-18-14(20)3-4-16)1-2-13(12)19-5-7-21-8-6-19/h1-2,9-10H,3,5-8H2,(H,18,20)/b17-10-. The van der Waals surface area contributed by atoms with E-state index in [1.807, 2.05) is 4.90 Å². The SMILES string of the molecule is N#CCC(=O)N/N=C\c1ccc(N2CCOCC2)c(F)c1. The van der Waals surface area contributed by atoms with Crippen LogP contribution in [0.15, 0.2) is 23.3 Å². The lowest BCUT2D eigenvalue weighted by molar-refractivity contribution is -0.120. The summed E-state index contributed by atoms with van der Waals surface area (Å²) in [4.78, 5) is 12.9. The summed E-state index contributed by atoms with van der Waals surface area (Å²) in [5.74, 6) is -0.844. The lowest BCUT2D eigenvalue weighted by Gasteiger charge is -2.29. The number of nitrogens with zero attached hydrogens (tertiary/aromatic N) is 3. The largest absolute Gasteiger partial charge is 0.378 e. The Labute approximate surface area is 121 Å². The van der Waals surface area contributed by atoms with Crippen LogP contribution >= 0.6 is 0 Å². The van der Waals surface area contributed by atoms with Crippen LogP contribution in [0.5, 0.6) is 0 Å². The molecule has 1 fully saturated rings. The maximum atomic E-state index is 14.1. The molecule has 1 aromatic carbocycles. The second kappa shape index (κ2) is 7.36. The average molecular weight is 290 g/mol. The molecular weight excluding hydrogens is 275 g/mol. The Hall–Kier alpha value is -2.46. The van der Waals surface area contributed by atoms with Gasteiger partial charge in [0.15, 0.2) is 0 Å². The molecule has 2 rings (SSSR count). The molecule has 1 aromatic rings. The molecule has 0 atom stereocenters. The first-order valence-electron chi connectivity index (χ1n) is 6.52. The molecule has 0 bridgehead atoms. The summed E-state index contributed by atoms with van der Waals surface area (Å²) in [6.07, 6.45) is 1.07. The zero-order valence-electron chi connectivity index (χ0n) is 11.4. The van der Waals surface area contributed by atoms with Crippen molar-refractivity contribution in [3.05, 3.63) is 29.6 Å². The van der Waals surface area contributed by atoms with E-state index in [-0.39, 0.29) is 12.2 Å². The molecule has 0 saturated carbocycles. The Morgan fingerprint density at radius 3 is 2.95 bits per heavy atom. The molecule has 21 heavy (non-hydrogen) atoms. The lowest BCUT2D eigenvalue weighted by Crippen LogP contribution is -2.36. The Morgan fingerprint density at radius 2 is 2.29 bits per heavy atom. The molecule has 1 aliphatic heterocycles. The monoisotopic (exact) mass is 290 g/mol. The van der Waals surface area contributed by atoms with Crippen molar-refractivity contribution in [2.24, 2.45) is 5.10 Å². The minimum Gasteiger partial charge on any atom is -0.378 e. The molecule has 1 saturated heterocycles. The zero-order chi connectivity index (χ0) is 15.1. The second-order valence-electron chi connectivity index (χ2n) is 4.44. The fraction of sp³-hybridized carbons (Fsp3) is 0.357. The van der Waals surface area contributed by atoms with Gasteiger partial charge in [-0.3, -0.25) is 4.79 Å². The molecule has 0 radical (unpaired) electrons. The number of morpholine rings is 1. The van der Waals surface area contributed by atoms with E-state index in [1.54, 1.807) is 18.2 Å². The Morgan fingerprint density at radius 1 is 1.52 bits per heavy atom. The van der Waals surface area contributed by atoms with Gasteiger partial charge in [-0.2, -0.15) is 10.4 Å². The minimum atomic E-state index is -0.501. The van der Waals surface area contributed by atoms with E-state index in [0.29, 0.717) is 37.6 Å². The van der Waals surface area contributed by atoms with Crippen molar-refractivity contribution in [2.75, 3.05) is 31.2 Å². The highest BCUT2D eigenvalue weighted by Crippen LogP contribution is 2.20. The molecule has 0 aromatic heterocycles. The average Bonchev–Trinajstić information content (AvgIpc) is 2.48. The number of hydrazone groups is 1. The van der Waals surface area contributed by atoms with Crippen LogP contribution in [0.4, 0.5) is 10.1 Å². The molecule has 0 unspecified atom stereocenters. The number of carbonyl (C=O) groups excluding carboxylic acids is 1. The third-order valence-corrected chi connectivity index (χ3v) is 2.97. The van der Waals surface area contributed by atoms with E-state index in [4.69, 9.17) is 10.00 Å². The smallest absolute Gasteiger partial charge is 0.254 e. The molecule has 0 aliphatic carbocycles. The number of benzene rings is 1. The van der Waals surface area contributed by atoms with Gasteiger partial charge in [-0.15, -0.1) is 0 Å². The first-order valence-corrected chi connectivity index (χ1v) is 6.52. The van der Waals surface area contributed by atoms with Crippen molar-refractivity contribution in [1.29, 1.82) is 5.26 Å². The highest BCUT2D eigenvalue weighted by Gasteiger charge is 2.14. The summed E-state index contributed by atoms with van der Waals surface area (Å²) < 4.78 is 19.3.